The molecule has 104 valence electrons. The van der Waals surface area contributed by atoms with E-state index in [1.165, 1.54) is 0 Å². The number of imidazole rings is 1. The molecule has 1 N–H and O–H groups in total. The largest absolute Gasteiger partial charge is 0.395 e. The highest BCUT2D eigenvalue weighted by atomic mass is 16.3. The maximum atomic E-state index is 9.60. The Morgan fingerprint density at radius 2 is 2.11 bits per heavy atom. The van der Waals surface area contributed by atoms with Crippen molar-refractivity contribution in [2.24, 2.45) is 5.41 Å². The Hall–Kier alpha value is -1.46. The second-order valence-electron chi connectivity index (χ2n) is 6.02. The average Bonchev–Trinajstić information content (AvgIpc) is 2.72. The van der Waals surface area contributed by atoms with Gasteiger partial charge in [0.1, 0.15) is 0 Å². The van der Waals surface area contributed by atoms with Crippen LogP contribution in [0.25, 0.3) is 5.78 Å². The summed E-state index contributed by atoms with van der Waals surface area (Å²) in [5.41, 5.74) is 1.11. The Kier molecular flexibility index (Phi) is 3.87. The predicted molar refractivity (Wildman–Crippen MR) is 74.8 cm³/mol. The molecule has 0 aliphatic heterocycles. The van der Waals surface area contributed by atoms with Crippen molar-refractivity contribution in [3.8, 4) is 0 Å². The first-order valence-corrected chi connectivity index (χ1v) is 6.51. The quantitative estimate of drug-likeness (QED) is 0.908. The zero-order valence-corrected chi connectivity index (χ0v) is 12.0. The molecule has 2 heterocycles. The minimum Gasteiger partial charge on any atom is -0.395 e. The summed E-state index contributed by atoms with van der Waals surface area (Å²) in [7, 11) is 2.03. The van der Waals surface area contributed by atoms with Crippen LogP contribution in [0.5, 0.6) is 0 Å². The van der Waals surface area contributed by atoms with Gasteiger partial charge in [-0.15, -0.1) is 0 Å². The van der Waals surface area contributed by atoms with E-state index in [9.17, 15) is 5.11 Å². The molecule has 0 aliphatic rings. The molecular formula is C14H22N4O. The van der Waals surface area contributed by atoms with Gasteiger partial charge < -0.3 is 5.11 Å². The van der Waals surface area contributed by atoms with Gasteiger partial charge in [-0.05, 0) is 18.5 Å². The molecule has 5 nitrogen and oxygen atoms in total. The molecule has 0 aliphatic carbocycles. The first-order chi connectivity index (χ1) is 8.93. The van der Waals surface area contributed by atoms with Crippen molar-refractivity contribution in [3.63, 3.8) is 0 Å². The Morgan fingerprint density at radius 3 is 2.74 bits per heavy atom. The second kappa shape index (κ2) is 5.27. The monoisotopic (exact) mass is 262 g/mol. The third-order valence-electron chi connectivity index (χ3n) is 3.48. The van der Waals surface area contributed by atoms with Crippen LogP contribution < -0.4 is 0 Å². The lowest BCUT2D eigenvalue weighted by molar-refractivity contribution is 0.0605. The Bertz CT molecular complexity index is 544. The van der Waals surface area contributed by atoms with Crippen LogP contribution in [0.1, 0.15) is 26.5 Å². The van der Waals surface area contributed by atoms with Gasteiger partial charge in [0.05, 0.1) is 18.5 Å². The summed E-state index contributed by atoms with van der Waals surface area (Å²) in [6, 6.07) is 2.00. The maximum Gasteiger partial charge on any atom is 0.233 e. The van der Waals surface area contributed by atoms with Crippen molar-refractivity contribution in [3.05, 3.63) is 30.4 Å². The third kappa shape index (κ3) is 2.93. The fourth-order valence-electron chi connectivity index (χ4n) is 2.43. The zero-order valence-electron chi connectivity index (χ0n) is 12.0. The van der Waals surface area contributed by atoms with Crippen LogP contribution in [0, 0.1) is 5.41 Å². The summed E-state index contributed by atoms with van der Waals surface area (Å²) in [4.78, 5) is 10.7. The van der Waals surface area contributed by atoms with E-state index in [2.05, 4.69) is 35.6 Å². The van der Waals surface area contributed by atoms with Gasteiger partial charge in [0, 0.05) is 25.0 Å². The van der Waals surface area contributed by atoms with Crippen LogP contribution in [0.3, 0.4) is 0 Å². The minimum atomic E-state index is 0.0300. The molecule has 0 fully saturated rings. The third-order valence-corrected chi connectivity index (χ3v) is 3.48. The fourth-order valence-corrected chi connectivity index (χ4v) is 2.43. The topological polar surface area (TPSA) is 53.7 Å². The van der Waals surface area contributed by atoms with Gasteiger partial charge in [0.15, 0.2) is 0 Å². The number of rotatable bonds is 4. The van der Waals surface area contributed by atoms with Gasteiger partial charge in [-0.1, -0.05) is 20.8 Å². The van der Waals surface area contributed by atoms with E-state index in [1.807, 2.05) is 29.9 Å². The SMILES string of the molecule is CN(Cc1cnc2ncccn12)C(CO)C(C)(C)C. The summed E-state index contributed by atoms with van der Waals surface area (Å²) in [6.07, 6.45) is 5.54. The zero-order chi connectivity index (χ0) is 14.0. The van der Waals surface area contributed by atoms with Crippen LogP contribution in [0.2, 0.25) is 0 Å². The normalized spacial score (nSPS) is 14.2. The molecule has 1 unspecified atom stereocenters. The van der Waals surface area contributed by atoms with Gasteiger partial charge in [-0.3, -0.25) is 9.30 Å². The molecule has 0 spiro atoms. The summed E-state index contributed by atoms with van der Waals surface area (Å²) >= 11 is 0. The van der Waals surface area contributed by atoms with E-state index >= 15 is 0 Å². The molecule has 1 atom stereocenters. The van der Waals surface area contributed by atoms with Gasteiger partial charge in [0.25, 0.3) is 0 Å². The van der Waals surface area contributed by atoms with Crippen LogP contribution in [-0.4, -0.2) is 44.1 Å². The number of hydrogen-bond donors (Lipinski definition) is 1. The molecule has 2 rings (SSSR count). The van der Waals surface area contributed by atoms with Gasteiger partial charge in [-0.2, -0.15) is 0 Å². The van der Waals surface area contributed by atoms with Crippen LogP contribution in [0.15, 0.2) is 24.7 Å². The lowest BCUT2D eigenvalue weighted by atomic mass is 9.86. The fraction of sp³-hybridized carbons (Fsp3) is 0.571. The summed E-state index contributed by atoms with van der Waals surface area (Å²) < 4.78 is 1.98. The van der Waals surface area contributed by atoms with Gasteiger partial charge >= 0.3 is 0 Å². The van der Waals surface area contributed by atoms with E-state index in [0.717, 1.165) is 12.2 Å². The number of aliphatic hydroxyl groups excluding tert-OH is 1. The van der Waals surface area contributed by atoms with E-state index in [-0.39, 0.29) is 18.1 Å². The molecule has 2 aromatic heterocycles. The molecule has 5 heteroatoms. The first-order valence-electron chi connectivity index (χ1n) is 6.51. The number of nitrogens with zero attached hydrogens (tertiary/aromatic N) is 4. The predicted octanol–water partition coefficient (Wildman–Crippen LogP) is 1.57. The number of fused-ring (bicyclic) bond motifs is 1. The smallest absolute Gasteiger partial charge is 0.233 e. The number of aliphatic hydroxyl groups is 1. The molecule has 0 radical (unpaired) electrons. The molecule has 0 saturated heterocycles. The number of likely N-dealkylation sites (N-methyl/N-ethyl adjacent to an activating group) is 1. The average molecular weight is 262 g/mol. The van der Waals surface area contributed by atoms with Crippen molar-refractivity contribution in [1.29, 1.82) is 0 Å². The molecule has 0 bridgehead atoms. The highest BCUT2D eigenvalue weighted by Gasteiger charge is 2.28. The van der Waals surface area contributed by atoms with E-state index in [0.29, 0.717) is 5.78 Å². The molecule has 0 saturated carbocycles. The standard InChI is InChI=1S/C14H22N4O/c1-14(2,3)12(10-19)17(4)9-11-8-16-13-15-6-5-7-18(11)13/h5-8,12,19H,9-10H2,1-4H3. The number of hydrogen-bond acceptors (Lipinski definition) is 4. The summed E-state index contributed by atoms with van der Waals surface area (Å²) in [6.45, 7) is 7.30. The van der Waals surface area contributed by atoms with E-state index in [4.69, 9.17) is 0 Å². The van der Waals surface area contributed by atoms with E-state index < -0.39 is 0 Å². The Morgan fingerprint density at radius 1 is 1.37 bits per heavy atom. The van der Waals surface area contributed by atoms with Crippen molar-refractivity contribution in [2.75, 3.05) is 13.7 Å². The molecule has 2 aromatic rings. The second-order valence-corrected chi connectivity index (χ2v) is 6.02. The highest BCUT2D eigenvalue weighted by Crippen LogP contribution is 2.24. The van der Waals surface area contributed by atoms with Crippen molar-refractivity contribution in [1.82, 2.24) is 19.3 Å². The first kappa shape index (κ1) is 14.0. The van der Waals surface area contributed by atoms with Crippen molar-refractivity contribution < 1.29 is 5.11 Å². The minimum absolute atomic E-state index is 0.0300. The Labute approximate surface area is 113 Å². The molecule has 0 aromatic carbocycles. The highest BCUT2D eigenvalue weighted by molar-refractivity contribution is 5.30. The Balaban J connectivity index is 2.21. The lowest BCUT2D eigenvalue weighted by Gasteiger charge is -2.36. The van der Waals surface area contributed by atoms with Gasteiger partial charge in [0.2, 0.25) is 5.78 Å². The molecular weight excluding hydrogens is 240 g/mol. The summed E-state index contributed by atoms with van der Waals surface area (Å²) in [5, 5.41) is 9.60. The van der Waals surface area contributed by atoms with Crippen LogP contribution in [-0.2, 0) is 6.54 Å². The van der Waals surface area contributed by atoms with E-state index in [1.54, 1.807) is 6.20 Å². The summed E-state index contributed by atoms with van der Waals surface area (Å²) in [5.74, 6) is 0.710. The lowest BCUT2D eigenvalue weighted by Crippen LogP contribution is -2.44. The van der Waals surface area contributed by atoms with Crippen molar-refractivity contribution >= 4 is 5.78 Å². The number of aromatic nitrogens is 3. The maximum absolute atomic E-state index is 9.60. The van der Waals surface area contributed by atoms with Crippen LogP contribution in [0.4, 0.5) is 0 Å². The molecule has 19 heavy (non-hydrogen) atoms. The molecule has 0 amide bonds. The van der Waals surface area contributed by atoms with Crippen LogP contribution >= 0.6 is 0 Å². The van der Waals surface area contributed by atoms with Crippen molar-refractivity contribution in [2.45, 2.75) is 33.4 Å². The van der Waals surface area contributed by atoms with Gasteiger partial charge in [-0.25, -0.2) is 9.97 Å².